The number of amides is 2. The molecule has 7 heteroatoms. The standard InChI is InChI=1S/C14H23N5O2/c1-6-18(9-14(4,5)21)13(20)16-12-11(7-15)8-19(17-12)10(2)3/h8,10,21H,6,9H2,1-5H3,(H,16,17,20). The molecule has 0 unspecified atom stereocenters. The Morgan fingerprint density at radius 1 is 1.62 bits per heavy atom. The number of nitrogens with zero attached hydrogens (tertiary/aromatic N) is 4. The van der Waals surface area contributed by atoms with Crippen molar-refractivity contribution < 1.29 is 9.90 Å². The predicted molar refractivity (Wildman–Crippen MR) is 79.9 cm³/mol. The molecule has 21 heavy (non-hydrogen) atoms. The van der Waals surface area contributed by atoms with Crippen LogP contribution in [0.3, 0.4) is 0 Å². The smallest absolute Gasteiger partial charge is 0.323 e. The molecule has 0 aliphatic carbocycles. The molecular weight excluding hydrogens is 270 g/mol. The van der Waals surface area contributed by atoms with Crippen molar-refractivity contribution in [3.63, 3.8) is 0 Å². The molecule has 0 spiro atoms. The van der Waals surface area contributed by atoms with Crippen molar-refractivity contribution in [3.8, 4) is 6.07 Å². The van der Waals surface area contributed by atoms with E-state index in [1.165, 1.54) is 4.90 Å². The van der Waals surface area contributed by atoms with E-state index in [-0.39, 0.29) is 24.4 Å². The van der Waals surface area contributed by atoms with Gasteiger partial charge in [-0.2, -0.15) is 10.4 Å². The SMILES string of the molecule is CCN(CC(C)(C)O)C(=O)Nc1nn(C(C)C)cc1C#N. The molecule has 0 radical (unpaired) electrons. The zero-order valence-corrected chi connectivity index (χ0v) is 13.2. The number of carbonyl (C=O) groups excluding carboxylic acids is 1. The molecule has 1 aromatic heterocycles. The average molecular weight is 293 g/mol. The largest absolute Gasteiger partial charge is 0.389 e. The van der Waals surface area contributed by atoms with Crippen LogP contribution in [0.5, 0.6) is 0 Å². The molecule has 1 aromatic rings. The first kappa shape index (κ1) is 17.0. The van der Waals surface area contributed by atoms with E-state index in [1.54, 1.807) is 24.7 Å². The summed E-state index contributed by atoms with van der Waals surface area (Å²) in [7, 11) is 0. The number of aromatic nitrogens is 2. The summed E-state index contributed by atoms with van der Waals surface area (Å²) in [4.78, 5) is 13.7. The number of nitriles is 1. The van der Waals surface area contributed by atoms with E-state index >= 15 is 0 Å². The Morgan fingerprint density at radius 2 is 2.24 bits per heavy atom. The minimum absolute atomic E-state index is 0.0985. The summed E-state index contributed by atoms with van der Waals surface area (Å²) in [6.45, 7) is 9.61. The third kappa shape index (κ3) is 4.76. The Bertz CT molecular complexity index is 537. The molecule has 2 amide bonds. The highest BCUT2D eigenvalue weighted by molar-refractivity contribution is 5.89. The lowest BCUT2D eigenvalue weighted by atomic mass is 10.1. The maximum Gasteiger partial charge on any atom is 0.323 e. The van der Waals surface area contributed by atoms with Gasteiger partial charge in [-0.1, -0.05) is 0 Å². The average Bonchev–Trinajstić information content (AvgIpc) is 2.78. The number of likely N-dealkylation sites (N-methyl/N-ethyl adjacent to an activating group) is 1. The number of rotatable bonds is 5. The fraction of sp³-hybridized carbons (Fsp3) is 0.643. The van der Waals surface area contributed by atoms with Gasteiger partial charge in [0.25, 0.3) is 0 Å². The number of carbonyl (C=O) groups is 1. The molecule has 7 nitrogen and oxygen atoms in total. The predicted octanol–water partition coefficient (Wildman–Crippen LogP) is 1.96. The second kappa shape index (κ2) is 6.59. The van der Waals surface area contributed by atoms with E-state index in [1.807, 2.05) is 26.8 Å². The molecule has 0 fully saturated rings. The highest BCUT2D eigenvalue weighted by Crippen LogP contribution is 2.16. The van der Waals surface area contributed by atoms with Gasteiger partial charge in [0.1, 0.15) is 11.6 Å². The lowest BCUT2D eigenvalue weighted by Gasteiger charge is -2.27. The van der Waals surface area contributed by atoms with Crippen LogP contribution < -0.4 is 5.32 Å². The monoisotopic (exact) mass is 293 g/mol. The van der Waals surface area contributed by atoms with E-state index in [9.17, 15) is 9.90 Å². The van der Waals surface area contributed by atoms with Gasteiger partial charge in [0.05, 0.1) is 12.1 Å². The molecule has 0 aliphatic heterocycles. The molecule has 0 aliphatic rings. The van der Waals surface area contributed by atoms with E-state index < -0.39 is 5.60 Å². The molecular formula is C14H23N5O2. The van der Waals surface area contributed by atoms with Crippen LogP contribution in [0.2, 0.25) is 0 Å². The Balaban J connectivity index is 2.89. The molecule has 1 rings (SSSR count). The van der Waals surface area contributed by atoms with Crippen LogP contribution in [-0.2, 0) is 0 Å². The number of anilines is 1. The Morgan fingerprint density at radius 3 is 2.67 bits per heavy atom. The van der Waals surface area contributed by atoms with Crippen molar-refractivity contribution in [2.24, 2.45) is 0 Å². The van der Waals surface area contributed by atoms with Gasteiger partial charge in [-0.05, 0) is 34.6 Å². The third-order valence-corrected chi connectivity index (χ3v) is 2.85. The van der Waals surface area contributed by atoms with Crippen molar-refractivity contribution in [1.29, 1.82) is 5.26 Å². The van der Waals surface area contributed by atoms with Crippen LogP contribution in [0.1, 0.15) is 46.2 Å². The van der Waals surface area contributed by atoms with E-state index in [2.05, 4.69) is 10.4 Å². The second-order valence-electron chi connectivity index (χ2n) is 5.83. The lowest BCUT2D eigenvalue weighted by Crippen LogP contribution is -2.44. The summed E-state index contributed by atoms with van der Waals surface area (Å²) in [5.74, 6) is 0.241. The van der Waals surface area contributed by atoms with Crippen LogP contribution in [-0.4, -0.2) is 44.5 Å². The van der Waals surface area contributed by atoms with E-state index in [0.29, 0.717) is 12.1 Å². The van der Waals surface area contributed by atoms with E-state index in [4.69, 9.17) is 5.26 Å². The summed E-state index contributed by atoms with van der Waals surface area (Å²) < 4.78 is 1.63. The highest BCUT2D eigenvalue weighted by Gasteiger charge is 2.23. The van der Waals surface area contributed by atoms with Crippen molar-refractivity contribution in [3.05, 3.63) is 11.8 Å². The Kier molecular flexibility index (Phi) is 5.33. The van der Waals surface area contributed by atoms with Crippen molar-refractivity contribution in [2.45, 2.75) is 46.3 Å². The van der Waals surface area contributed by atoms with Crippen LogP contribution in [0.25, 0.3) is 0 Å². The summed E-state index contributed by atoms with van der Waals surface area (Å²) in [6, 6.07) is 1.73. The van der Waals surface area contributed by atoms with Gasteiger partial charge in [0, 0.05) is 18.8 Å². The minimum atomic E-state index is -0.983. The summed E-state index contributed by atoms with van der Waals surface area (Å²) in [5.41, 5.74) is -0.667. The zero-order valence-electron chi connectivity index (χ0n) is 13.2. The number of hydrogen-bond acceptors (Lipinski definition) is 4. The fourth-order valence-corrected chi connectivity index (χ4v) is 1.80. The van der Waals surface area contributed by atoms with Gasteiger partial charge in [-0.3, -0.25) is 10.00 Å². The van der Waals surface area contributed by atoms with Crippen LogP contribution >= 0.6 is 0 Å². The molecule has 0 bridgehead atoms. The maximum absolute atomic E-state index is 12.2. The van der Waals surface area contributed by atoms with E-state index in [0.717, 1.165) is 0 Å². The van der Waals surface area contributed by atoms with Gasteiger partial charge in [-0.25, -0.2) is 4.79 Å². The summed E-state index contributed by atoms with van der Waals surface area (Å²) in [6.07, 6.45) is 1.60. The first-order valence-electron chi connectivity index (χ1n) is 6.95. The van der Waals surface area contributed by atoms with Crippen molar-refractivity contribution in [2.75, 3.05) is 18.4 Å². The first-order valence-corrected chi connectivity index (χ1v) is 6.95. The Labute approximate surface area is 125 Å². The highest BCUT2D eigenvalue weighted by atomic mass is 16.3. The first-order chi connectivity index (χ1) is 9.67. The van der Waals surface area contributed by atoms with Crippen molar-refractivity contribution in [1.82, 2.24) is 14.7 Å². The molecule has 0 saturated carbocycles. The van der Waals surface area contributed by atoms with Gasteiger partial charge < -0.3 is 10.0 Å². The van der Waals surface area contributed by atoms with Gasteiger partial charge in [0.15, 0.2) is 5.82 Å². The molecule has 0 atom stereocenters. The second-order valence-corrected chi connectivity index (χ2v) is 5.83. The molecule has 2 N–H and O–H groups in total. The van der Waals surface area contributed by atoms with Gasteiger partial charge >= 0.3 is 6.03 Å². The number of nitrogens with one attached hydrogen (secondary N) is 1. The summed E-state index contributed by atoms with van der Waals surface area (Å²) in [5, 5.41) is 25.8. The third-order valence-electron chi connectivity index (χ3n) is 2.85. The number of hydrogen-bond donors (Lipinski definition) is 2. The molecule has 0 aromatic carbocycles. The normalized spacial score (nSPS) is 11.3. The maximum atomic E-state index is 12.2. The van der Waals surface area contributed by atoms with Crippen LogP contribution in [0, 0.1) is 11.3 Å². The quantitative estimate of drug-likeness (QED) is 0.867. The lowest BCUT2D eigenvalue weighted by molar-refractivity contribution is 0.0501. The topological polar surface area (TPSA) is 94.2 Å². The summed E-state index contributed by atoms with van der Waals surface area (Å²) >= 11 is 0. The minimum Gasteiger partial charge on any atom is -0.389 e. The van der Waals surface area contributed by atoms with Crippen LogP contribution in [0.15, 0.2) is 6.20 Å². The number of aliphatic hydroxyl groups is 1. The van der Waals surface area contributed by atoms with Gasteiger partial charge in [-0.15, -0.1) is 0 Å². The Hall–Kier alpha value is -2.07. The number of urea groups is 1. The zero-order chi connectivity index (χ0) is 16.2. The molecule has 116 valence electrons. The fourth-order valence-electron chi connectivity index (χ4n) is 1.80. The van der Waals surface area contributed by atoms with Crippen molar-refractivity contribution >= 4 is 11.8 Å². The molecule has 0 saturated heterocycles. The van der Waals surface area contributed by atoms with Gasteiger partial charge in [0.2, 0.25) is 0 Å². The van der Waals surface area contributed by atoms with Crippen LogP contribution in [0.4, 0.5) is 10.6 Å². The molecule has 1 heterocycles.